The fourth-order valence-electron chi connectivity index (χ4n) is 4.82. The van der Waals surface area contributed by atoms with Crippen molar-refractivity contribution in [3.63, 3.8) is 0 Å². The molecule has 0 atom stereocenters. The van der Waals surface area contributed by atoms with E-state index in [9.17, 15) is 4.79 Å². The smallest absolute Gasteiger partial charge is 0.229 e. The molecular formula is C24H25N7OS. The van der Waals surface area contributed by atoms with Gasteiger partial charge in [-0.1, -0.05) is 12.1 Å². The Balaban J connectivity index is 1.08. The van der Waals surface area contributed by atoms with E-state index < -0.39 is 0 Å². The largest absolute Gasteiger partial charge is 0.355 e. The second-order valence-electron chi connectivity index (χ2n) is 8.80. The van der Waals surface area contributed by atoms with Gasteiger partial charge in [0.25, 0.3) is 0 Å². The number of rotatable bonds is 4. The molecule has 2 aliphatic rings. The third-order valence-electron chi connectivity index (χ3n) is 6.72. The zero-order chi connectivity index (χ0) is 22.2. The number of hydrogen-bond donors (Lipinski definition) is 1. The Bertz CT molecular complexity index is 1310. The molecule has 6 rings (SSSR count). The van der Waals surface area contributed by atoms with Gasteiger partial charge >= 0.3 is 0 Å². The van der Waals surface area contributed by atoms with Gasteiger partial charge in [0.05, 0.1) is 5.69 Å². The molecule has 0 unspecified atom stereocenters. The molecule has 9 heteroatoms. The highest BCUT2D eigenvalue weighted by molar-refractivity contribution is 7.14. The van der Waals surface area contributed by atoms with E-state index in [1.54, 1.807) is 10.8 Å². The fourth-order valence-corrected chi connectivity index (χ4v) is 5.54. The van der Waals surface area contributed by atoms with Crippen molar-refractivity contribution in [1.29, 1.82) is 0 Å². The van der Waals surface area contributed by atoms with Crippen molar-refractivity contribution in [2.24, 2.45) is 5.92 Å². The summed E-state index contributed by atoms with van der Waals surface area (Å²) in [7, 11) is 0. The Kier molecular flexibility index (Phi) is 5.26. The third kappa shape index (κ3) is 4.08. The van der Waals surface area contributed by atoms with Crippen LogP contribution in [0, 0.1) is 5.92 Å². The molecule has 1 aliphatic heterocycles. The SMILES string of the molecule is O=C(Nc1nc(-c2ccc3c(c2)CCCC3)cs1)C1CCN(c2ccc3nncn3n2)CC1. The average molecular weight is 460 g/mol. The van der Waals surface area contributed by atoms with Gasteiger partial charge in [-0.25, -0.2) is 4.98 Å². The third-order valence-corrected chi connectivity index (χ3v) is 7.47. The van der Waals surface area contributed by atoms with Crippen molar-refractivity contribution in [1.82, 2.24) is 24.8 Å². The Labute approximate surface area is 195 Å². The van der Waals surface area contributed by atoms with Crippen molar-refractivity contribution < 1.29 is 4.79 Å². The van der Waals surface area contributed by atoms with Gasteiger partial charge in [-0.3, -0.25) is 4.79 Å². The van der Waals surface area contributed by atoms with Crippen LogP contribution >= 0.6 is 11.3 Å². The van der Waals surface area contributed by atoms with E-state index in [-0.39, 0.29) is 11.8 Å². The van der Waals surface area contributed by atoms with Crippen molar-refractivity contribution >= 4 is 33.8 Å². The minimum Gasteiger partial charge on any atom is -0.355 e. The van der Waals surface area contributed by atoms with Gasteiger partial charge in [0, 0.05) is 30.0 Å². The second-order valence-corrected chi connectivity index (χ2v) is 9.66. The molecule has 1 fully saturated rings. The van der Waals surface area contributed by atoms with E-state index in [0.717, 1.165) is 55.1 Å². The summed E-state index contributed by atoms with van der Waals surface area (Å²) in [6.45, 7) is 1.58. The highest BCUT2D eigenvalue weighted by Gasteiger charge is 2.26. The molecule has 3 aromatic heterocycles. The molecule has 4 heterocycles. The second kappa shape index (κ2) is 8.55. The lowest BCUT2D eigenvalue weighted by molar-refractivity contribution is -0.120. The normalized spacial score (nSPS) is 16.7. The van der Waals surface area contributed by atoms with Gasteiger partial charge < -0.3 is 10.2 Å². The summed E-state index contributed by atoms with van der Waals surface area (Å²) >= 11 is 1.50. The van der Waals surface area contributed by atoms with Crippen LogP contribution in [0.5, 0.6) is 0 Å². The van der Waals surface area contributed by atoms with Crippen LogP contribution in [0.25, 0.3) is 16.9 Å². The predicted molar refractivity (Wildman–Crippen MR) is 129 cm³/mol. The Morgan fingerprint density at radius 3 is 2.79 bits per heavy atom. The number of fused-ring (bicyclic) bond motifs is 2. The molecule has 8 nitrogen and oxygen atoms in total. The number of benzene rings is 1. The molecule has 33 heavy (non-hydrogen) atoms. The molecule has 1 saturated heterocycles. The van der Waals surface area contributed by atoms with Gasteiger partial charge in [0.1, 0.15) is 12.1 Å². The summed E-state index contributed by atoms with van der Waals surface area (Å²) in [5.41, 5.74) is 5.72. The molecule has 1 aliphatic carbocycles. The van der Waals surface area contributed by atoms with Crippen molar-refractivity contribution in [3.05, 3.63) is 53.2 Å². The summed E-state index contributed by atoms with van der Waals surface area (Å²) in [6, 6.07) is 10.5. The lowest BCUT2D eigenvalue weighted by Crippen LogP contribution is -2.38. The number of anilines is 2. The maximum absolute atomic E-state index is 12.9. The van der Waals surface area contributed by atoms with Crippen LogP contribution in [-0.2, 0) is 17.6 Å². The summed E-state index contributed by atoms with van der Waals surface area (Å²) in [6.07, 6.45) is 8.06. The van der Waals surface area contributed by atoms with Crippen LogP contribution in [-0.4, -0.2) is 43.8 Å². The van der Waals surface area contributed by atoms with Crippen LogP contribution < -0.4 is 10.2 Å². The lowest BCUT2D eigenvalue weighted by atomic mass is 9.90. The number of amides is 1. The Hall–Kier alpha value is -3.33. The maximum atomic E-state index is 12.9. The van der Waals surface area contributed by atoms with E-state index in [2.05, 4.69) is 43.7 Å². The number of aromatic nitrogens is 5. The highest BCUT2D eigenvalue weighted by Crippen LogP contribution is 2.30. The number of piperidine rings is 1. The number of carbonyl (C=O) groups excluding carboxylic acids is 1. The minimum atomic E-state index is -0.0176. The van der Waals surface area contributed by atoms with Crippen LogP contribution in [0.2, 0.25) is 0 Å². The minimum absolute atomic E-state index is 0.0176. The highest BCUT2D eigenvalue weighted by atomic mass is 32.1. The average Bonchev–Trinajstić information content (AvgIpc) is 3.53. The van der Waals surface area contributed by atoms with E-state index in [1.807, 2.05) is 17.5 Å². The summed E-state index contributed by atoms with van der Waals surface area (Å²) in [5.74, 6) is 0.926. The molecule has 1 aromatic carbocycles. The standard InChI is InChI=1S/C24H25N7OS/c32-23(17-9-11-30(12-10-17)22-8-7-21-28-25-15-31(21)29-22)27-24-26-20(14-33-24)19-6-5-16-3-1-2-4-18(16)13-19/h5-8,13-15,17H,1-4,9-12H2,(H,26,27,32). The van der Waals surface area contributed by atoms with Gasteiger partial charge in [0.2, 0.25) is 5.91 Å². The van der Waals surface area contributed by atoms with Gasteiger partial charge in [-0.15, -0.1) is 26.6 Å². The predicted octanol–water partition coefficient (Wildman–Crippen LogP) is 3.98. The summed E-state index contributed by atoms with van der Waals surface area (Å²) in [4.78, 5) is 19.8. The molecule has 168 valence electrons. The topological polar surface area (TPSA) is 88.3 Å². The number of hydrogen-bond acceptors (Lipinski definition) is 7. The van der Waals surface area contributed by atoms with E-state index in [0.29, 0.717) is 5.13 Å². The molecular weight excluding hydrogens is 434 g/mol. The van der Waals surface area contributed by atoms with Crippen molar-refractivity contribution in [2.75, 3.05) is 23.3 Å². The van der Waals surface area contributed by atoms with E-state index >= 15 is 0 Å². The Morgan fingerprint density at radius 1 is 1.06 bits per heavy atom. The number of nitrogens with one attached hydrogen (secondary N) is 1. The van der Waals surface area contributed by atoms with Gasteiger partial charge in [0.15, 0.2) is 10.8 Å². The molecule has 1 N–H and O–H groups in total. The zero-order valence-corrected chi connectivity index (χ0v) is 19.1. The maximum Gasteiger partial charge on any atom is 0.229 e. The lowest BCUT2D eigenvalue weighted by Gasteiger charge is -2.31. The number of thiazole rings is 1. The first-order valence-corrected chi connectivity index (χ1v) is 12.4. The molecule has 0 bridgehead atoms. The van der Waals surface area contributed by atoms with Crippen molar-refractivity contribution in [3.8, 4) is 11.3 Å². The first-order valence-electron chi connectivity index (χ1n) is 11.5. The first-order chi connectivity index (χ1) is 16.2. The van der Waals surface area contributed by atoms with Gasteiger partial charge in [-0.2, -0.15) is 4.52 Å². The zero-order valence-electron chi connectivity index (χ0n) is 18.3. The molecule has 0 radical (unpaired) electrons. The molecule has 4 aromatic rings. The first kappa shape index (κ1) is 20.3. The van der Waals surface area contributed by atoms with Gasteiger partial charge in [-0.05, 0) is 67.9 Å². The summed E-state index contributed by atoms with van der Waals surface area (Å²) < 4.78 is 1.68. The number of carbonyl (C=O) groups is 1. The fraction of sp³-hybridized carbons (Fsp3) is 0.375. The summed E-state index contributed by atoms with van der Waals surface area (Å²) in [5, 5.41) is 18.2. The number of aryl methyl sites for hydroxylation is 2. The molecule has 0 saturated carbocycles. The van der Waals surface area contributed by atoms with Crippen LogP contribution in [0.15, 0.2) is 42.0 Å². The van der Waals surface area contributed by atoms with E-state index in [4.69, 9.17) is 4.98 Å². The molecule has 1 amide bonds. The monoisotopic (exact) mass is 459 g/mol. The quantitative estimate of drug-likeness (QED) is 0.497. The number of nitrogens with zero attached hydrogens (tertiary/aromatic N) is 6. The van der Waals surface area contributed by atoms with Crippen molar-refractivity contribution in [2.45, 2.75) is 38.5 Å². The van der Waals surface area contributed by atoms with Crippen LogP contribution in [0.3, 0.4) is 0 Å². The molecule has 0 spiro atoms. The van der Waals surface area contributed by atoms with Crippen LogP contribution in [0.4, 0.5) is 10.9 Å². The van der Waals surface area contributed by atoms with E-state index in [1.165, 1.54) is 41.7 Å². The Morgan fingerprint density at radius 2 is 1.91 bits per heavy atom. The van der Waals surface area contributed by atoms with Crippen LogP contribution in [0.1, 0.15) is 36.8 Å².